The maximum Gasteiger partial charge on any atom is 0.160 e. The average Bonchev–Trinajstić information content (AvgIpc) is 2.70. The number of aryl methyl sites for hydroxylation is 1. The van der Waals surface area contributed by atoms with Gasteiger partial charge >= 0.3 is 0 Å². The van der Waals surface area contributed by atoms with Crippen molar-refractivity contribution in [3.05, 3.63) is 48.4 Å². The smallest absolute Gasteiger partial charge is 0.160 e. The van der Waals surface area contributed by atoms with Crippen LogP contribution in [0.2, 0.25) is 0 Å². The summed E-state index contributed by atoms with van der Waals surface area (Å²) < 4.78 is 1.87. The van der Waals surface area contributed by atoms with Gasteiger partial charge in [-0.1, -0.05) is 30.3 Å². The lowest BCUT2D eigenvalue weighted by Gasteiger charge is -1.98. The molecule has 0 saturated heterocycles. The van der Waals surface area contributed by atoms with Crippen LogP contribution >= 0.6 is 24.8 Å². The normalized spacial score (nSPS) is 9.74. The summed E-state index contributed by atoms with van der Waals surface area (Å²) in [6, 6.07) is 9.93. The molecule has 2 aromatic heterocycles. The first-order valence-electron chi connectivity index (χ1n) is 5.42. The first-order valence-corrected chi connectivity index (χ1v) is 5.42. The molecule has 0 aliphatic carbocycles. The molecule has 6 heteroatoms. The Bertz CT molecular complexity index is 680. The van der Waals surface area contributed by atoms with E-state index in [9.17, 15) is 0 Å². The van der Waals surface area contributed by atoms with Crippen LogP contribution < -0.4 is 5.73 Å². The number of nitrogens with two attached hydrogens (primary N) is 1. The van der Waals surface area contributed by atoms with E-state index in [-0.39, 0.29) is 24.8 Å². The van der Waals surface area contributed by atoms with Gasteiger partial charge in [0.1, 0.15) is 11.5 Å². The molecule has 100 valence electrons. The van der Waals surface area contributed by atoms with E-state index in [1.807, 2.05) is 47.9 Å². The summed E-state index contributed by atoms with van der Waals surface area (Å²) in [5, 5.41) is 0. The third-order valence-corrected chi connectivity index (χ3v) is 2.80. The van der Waals surface area contributed by atoms with Crippen LogP contribution in [0.3, 0.4) is 0 Å². The van der Waals surface area contributed by atoms with Crippen molar-refractivity contribution in [1.82, 2.24) is 14.4 Å². The number of benzene rings is 1. The Morgan fingerprint density at radius 3 is 2.42 bits per heavy atom. The second kappa shape index (κ2) is 5.91. The highest BCUT2D eigenvalue weighted by Gasteiger charge is 2.12. The van der Waals surface area contributed by atoms with Gasteiger partial charge in [-0.15, -0.1) is 24.8 Å². The van der Waals surface area contributed by atoms with E-state index in [4.69, 9.17) is 5.73 Å². The van der Waals surface area contributed by atoms with Crippen LogP contribution in [-0.2, 0) is 0 Å². The Morgan fingerprint density at radius 1 is 1.11 bits per heavy atom. The fourth-order valence-corrected chi connectivity index (χ4v) is 1.93. The molecular weight excluding hydrogens is 283 g/mol. The lowest BCUT2D eigenvalue weighted by molar-refractivity contribution is 1.08. The zero-order chi connectivity index (χ0) is 11.8. The van der Waals surface area contributed by atoms with Gasteiger partial charge in [0.05, 0.1) is 5.69 Å². The van der Waals surface area contributed by atoms with E-state index in [1.165, 1.54) is 0 Å². The Hall–Kier alpha value is -1.78. The van der Waals surface area contributed by atoms with Gasteiger partial charge in [0.25, 0.3) is 0 Å². The standard InChI is InChI=1S/C13H12N4.2ClH/c1-9-13-16-11(10-5-3-2-4-6-10)12(14)17(13)8-7-15-9;;/h2-8H,14H2,1H3;2*1H. The molecule has 0 saturated carbocycles. The third kappa shape index (κ3) is 2.50. The van der Waals surface area contributed by atoms with Gasteiger partial charge in [-0.05, 0) is 6.92 Å². The molecule has 0 aliphatic rings. The van der Waals surface area contributed by atoms with E-state index < -0.39 is 0 Å². The van der Waals surface area contributed by atoms with Crippen molar-refractivity contribution in [2.45, 2.75) is 6.92 Å². The van der Waals surface area contributed by atoms with E-state index in [0.29, 0.717) is 5.82 Å². The Labute approximate surface area is 123 Å². The van der Waals surface area contributed by atoms with Crippen molar-refractivity contribution in [2.24, 2.45) is 0 Å². The summed E-state index contributed by atoms with van der Waals surface area (Å²) in [7, 11) is 0. The number of fused-ring (bicyclic) bond motifs is 1. The van der Waals surface area contributed by atoms with Gasteiger partial charge < -0.3 is 5.73 Å². The highest BCUT2D eigenvalue weighted by molar-refractivity contribution is 5.85. The highest BCUT2D eigenvalue weighted by atomic mass is 35.5. The molecule has 0 unspecified atom stereocenters. The first kappa shape index (κ1) is 15.3. The minimum atomic E-state index is 0. The first-order chi connectivity index (χ1) is 8.27. The second-order valence-electron chi connectivity index (χ2n) is 3.92. The van der Waals surface area contributed by atoms with Gasteiger partial charge in [-0.3, -0.25) is 9.38 Å². The molecule has 0 fully saturated rings. The van der Waals surface area contributed by atoms with Crippen molar-refractivity contribution in [2.75, 3.05) is 5.73 Å². The SMILES string of the molecule is Cc1nccn2c(N)c(-c3ccccc3)nc12.Cl.Cl. The minimum Gasteiger partial charge on any atom is -0.383 e. The summed E-state index contributed by atoms with van der Waals surface area (Å²) in [6.45, 7) is 1.93. The number of imidazole rings is 1. The van der Waals surface area contributed by atoms with E-state index in [2.05, 4.69) is 9.97 Å². The van der Waals surface area contributed by atoms with Crippen molar-refractivity contribution in [3.8, 4) is 11.3 Å². The number of aromatic nitrogens is 3. The lowest BCUT2D eigenvalue weighted by atomic mass is 10.1. The average molecular weight is 297 g/mol. The predicted molar refractivity (Wildman–Crippen MR) is 82.1 cm³/mol. The molecule has 3 rings (SSSR count). The summed E-state index contributed by atoms with van der Waals surface area (Å²) in [4.78, 5) is 8.77. The van der Waals surface area contributed by atoms with Crippen LogP contribution in [-0.4, -0.2) is 14.4 Å². The Balaban J connectivity index is 0.000000902. The predicted octanol–water partition coefficient (Wildman–Crippen LogP) is 3.13. The highest BCUT2D eigenvalue weighted by Crippen LogP contribution is 2.26. The number of hydrogen-bond acceptors (Lipinski definition) is 3. The van der Waals surface area contributed by atoms with Gasteiger partial charge in [-0.25, -0.2) is 4.98 Å². The van der Waals surface area contributed by atoms with Gasteiger partial charge in [0.2, 0.25) is 0 Å². The Morgan fingerprint density at radius 2 is 1.79 bits per heavy atom. The number of anilines is 1. The van der Waals surface area contributed by atoms with Crippen molar-refractivity contribution in [1.29, 1.82) is 0 Å². The van der Waals surface area contributed by atoms with Gasteiger partial charge in [0.15, 0.2) is 5.65 Å². The van der Waals surface area contributed by atoms with Crippen molar-refractivity contribution >= 4 is 36.3 Å². The molecule has 0 aliphatic heterocycles. The number of hydrogen-bond donors (Lipinski definition) is 1. The molecule has 1 aromatic carbocycles. The fourth-order valence-electron chi connectivity index (χ4n) is 1.93. The summed E-state index contributed by atoms with van der Waals surface area (Å²) >= 11 is 0. The third-order valence-electron chi connectivity index (χ3n) is 2.80. The van der Waals surface area contributed by atoms with Crippen LogP contribution in [0.15, 0.2) is 42.7 Å². The molecular formula is C13H14Cl2N4. The van der Waals surface area contributed by atoms with Crippen molar-refractivity contribution < 1.29 is 0 Å². The van der Waals surface area contributed by atoms with Crippen LogP contribution in [0, 0.1) is 6.92 Å². The maximum atomic E-state index is 6.11. The molecule has 2 N–H and O–H groups in total. The van der Waals surface area contributed by atoms with Gasteiger partial charge in [-0.2, -0.15) is 0 Å². The lowest BCUT2D eigenvalue weighted by Crippen LogP contribution is -1.95. The molecule has 0 atom stereocenters. The van der Waals surface area contributed by atoms with Crippen LogP contribution in [0.5, 0.6) is 0 Å². The van der Waals surface area contributed by atoms with E-state index in [0.717, 1.165) is 22.6 Å². The molecule has 0 spiro atoms. The van der Waals surface area contributed by atoms with Crippen LogP contribution in [0.4, 0.5) is 5.82 Å². The van der Waals surface area contributed by atoms with Crippen LogP contribution in [0.25, 0.3) is 16.9 Å². The molecule has 4 nitrogen and oxygen atoms in total. The number of rotatable bonds is 1. The molecule has 2 heterocycles. The minimum absolute atomic E-state index is 0. The topological polar surface area (TPSA) is 56.2 Å². The monoisotopic (exact) mass is 296 g/mol. The maximum absolute atomic E-state index is 6.11. The molecule has 0 bridgehead atoms. The molecule has 19 heavy (non-hydrogen) atoms. The van der Waals surface area contributed by atoms with E-state index >= 15 is 0 Å². The second-order valence-corrected chi connectivity index (χ2v) is 3.92. The molecule has 0 amide bonds. The van der Waals surface area contributed by atoms with Gasteiger partial charge in [0, 0.05) is 18.0 Å². The number of nitrogen functional groups attached to an aromatic ring is 1. The largest absolute Gasteiger partial charge is 0.383 e. The zero-order valence-electron chi connectivity index (χ0n) is 10.3. The Kier molecular flexibility index (Phi) is 4.75. The summed E-state index contributed by atoms with van der Waals surface area (Å²) in [6.07, 6.45) is 3.56. The number of nitrogens with zero attached hydrogens (tertiary/aromatic N) is 3. The van der Waals surface area contributed by atoms with E-state index in [1.54, 1.807) is 6.20 Å². The number of halogens is 2. The van der Waals surface area contributed by atoms with Crippen molar-refractivity contribution in [3.63, 3.8) is 0 Å². The summed E-state index contributed by atoms with van der Waals surface area (Å²) in [5.41, 5.74) is 9.63. The quantitative estimate of drug-likeness (QED) is 0.750. The fraction of sp³-hybridized carbons (Fsp3) is 0.0769. The molecule has 3 aromatic rings. The zero-order valence-corrected chi connectivity index (χ0v) is 11.9. The van der Waals surface area contributed by atoms with Crippen LogP contribution in [0.1, 0.15) is 5.69 Å². The summed E-state index contributed by atoms with van der Waals surface area (Å²) in [5.74, 6) is 0.650. The molecule has 0 radical (unpaired) electrons.